The highest BCUT2D eigenvalue weighted by Crippen LogP contribution is 2.45. The van der Waals surface area contributed by atoms with Gasteiger partial charge in [0.05, 0.1) is 39.7 Å². The zero-order chi connectivity index (χ0) is 38.1. The highest BCUT2D eigenvalue weighted by atomic mass is 15.0. The molecule has 0 spiro atoms. The molecule has 0 N–H and O–H groups in total. The van der Waals surface area contributed by atoms with E-state index in [-0.39, 0.29) is 0 Å². The molecule has 2 heterocycles. The Morgan fingerprint density at radius 1 is 0.368 bits per heavy atom. The molecule has 0 aliphatic carbocycles. The third-order valence-corrected chi connectivity index (χ3v) is 10.6. The summed E-state index contributed by atoms with van der Waals surface area (Å²) in [5.74, 6) is 0.670. The fourth-order valence-electron chi connectivity index (χ4n) is 7.91. The number of nitriles is 1. The molecule has 10 aromatic rings. The molecule has 4 heteroatoms. The molecule has 0 saturated heterocycles. The topological polar surface area (TPSA) is 54.5 Å². The van der Waals surface area contributed by atoms with Gasteiger partial charge in [0, 0.05) is 38.6 Å². The fourth-order valence-corrected chi connectivity index (χ4v) is 7.91. The third kappa shape index (κ3) is 6.24. The minimum absolute atomic E-state index is 0.626. The van der Waals surface area contributed by atoms with Gasteiger partial charge in [-0.15, -0.1) is 0 Å². The number of fused-ring (bicyclic) bond motifs is 3. The Bertz CT molecular complexity index is 2980. The lowest BCUT2D eigenvalue weighted by atomic mass is 9.91. The van der Waals surface area contributed by atoms with Crippen LogP contribution in [0.2, 0.25) is 0 Å². The molecule has 10 rings (SSSR count). The average molecular weight is 727 g/mol. The standard InChI is InChI=1S/C53H34N4/c54-35-36-26-28-50-46(30-36)47-31-42(37-16-6-1-7-17-37)27-29-51(47)57(50)52-44(38-18-8-2-9-19-38)32-43(33-45(52)39-20-10-3-11-21-39)49-34-48(40-22-12-4-13-23-40)55-53(56-49)41-24-14-5-15-25-41/h1-34H. The fraction of sp³-hybridized carbons (Fsp3) is 0. The van der Waals surface area contributed by atoms with Crippen LogP contribution >= 0.6 is 0 Å². The maximum absolute atomic E-state index is 10.1. The van der Waals surface area contributed by atoms with E-state index in [1.54, 1.807) is 0 Å². The summed E-state index contributed by atoms with van der Waals surface area (Å²) >= 11 is 0. The second kappa shape index (κ2) is 14.4. The van der Waals surface area contributed by atoms with Crippen molar-refractivity contribution in [3.63, 3.8) is 0 Å². The van der Waals surface area contributed by atoms with Crippen LogP contribution in [0.4, 0.5) is 0 Å². The molecule has 0 aliphatic heterocycles. The van der Waals surface area contributed by atoms with Crippen LogP contribution in [0.1, 0.15) is 5.56 Å². The monoisotopic (exact) mass is 726 g/mol. The first kappa shape index (κ1) is 33.7. The first-order valence-electron chi connectivity index (χ1n) is 19.1. The molecular formula is C53H34N4. The van der Waals surface area contributed by atoms with Crippen molar-refractivity contribution in [2.75, 3.05) is 0 Å². The van der Waals surface area contributed by atoms with Crippen molar-refractivity contribution in [3.05, 3.63) is 212 Å². The highest BCUT2D eigenvalue weighted by Gasteiger charge is 2.23. The van der Waals surface area contributed by atoms with Gasteiger partial charge in [-0.3, -0.25) is 0 Å². The molecule has 8 aromatic carbocycles. The number of aromatic nitrogens is 3. The van der Waals surface area contributed by atoms with Gasteiger partial charge in [0.1, 0.15) is 0 Å². The van der Waals surface area contributed by atoms with Crippen LogP contribution in [0.3, 0.4) is 0 Å². The SMILES string of the molecule is N#Cc1ccc2c(c1)c1cc(-c3ccccc3)ccc1n2-c1c(-c2ccccc2)cc(-c2cc(-c3ccccc3)nc(-c3ccccc3)n2)cc1-c1ccccc1. The van der Waals surface area contributed by atoms with E-state index in [1.807, 2.05) is 54.6 Å². The van der Waals surface area contributed by atoms with Crippen LogP contribution < -0.4 is 0 Å². The highest BCUT2D eigenvalue weighted by molar-refractivity contribution is 6.12. The average Bonchev–Trinajstić information content (AvgIpc) is 3.62. The summed E-state index contributed by atoms with van der Waals surface area (Å²) in [5.41, 5.74) is 15.0. The Balaban J connectivity index is 1.31. The molecule has 57 heavy (non-hydrogen) atoms. The number of nitrogens with zero attached hydrogens (tertiary/aromatic N) is 4. The van der Waals surface area contributed by atoms with Crippen molar-refractivity contribution in [1.82, 2.24) is 14.5 Å². The van der Waals surface area contributed by atoms with Crippen LogP contribution in [0, 0.1) is 11.3 Å². The van der Waals surface area contributed by atoms with E-state index < -0.39 is 0 Å². The predicted octanol–water partition coefficient (Wildman–Crippen LogP) is 13.4. The smallest absolute Gasteiger partial charge is 0.160 e. The Hall–Kier alpha value is -7.87. The van der Waals surface area contributed by atoms with Gasteiger partial charge in [0.2, 0.25) is 0 Å². The zero-order valence-electron chi connectivity index (χ0n) is 30.9. The van der Waals surface area contributed by atoms with Gasteiger partial charge in [-0.05, 0) is 70.8 Å². The van der Waals surface area contributed by atoms with Crippen LogP contribution in [-0.2, 0) is 0 Å². The van der Waals surface area contributed by atoms with Crippen LogP contribution in [0.5, 0.6) is 0 Å². The molecule has 0 amide bonds. The molecule has 0 radical (unpaired) electrons. The van der Waals surface area contributed by atoms with Crippen molar-refractivity contribution in [3.8, 4) is 79.0 Å². The van der Waals surface area contributed by atoms with Crippen LogP contribution in [-0.4, -0.2) is 14.5 Å². The van der Waals surface area contributed by atoms with Crippen LogP contribution in [0.25, 0.3) is 94.8 Å². The van der Waals surface area contributed by atoms with E-state index in [4.69, 9.17) is 9.97 Å². The van der Waals surface area contributed by atoms with Gasteiger partial charge in [-0.2, -0.15) is 5.26 Å². The molecule has 0 unspecified atom stereocenters. The summed E-state index contributed by atoms with van der Waals surface area (Å²) in [5, 5.41) is 12.2. The minimum Gasteiger partial charge on any atom is -0.308 e. The predicted molar refractivity (Wildman–Crippen MR) is 234 cm³/mol. The number of benzene rings is 8. The maximum atomic E-state index is 10.1. The Morgan fingerprint density at radius 3 is 1.37 bits per heavy atom. The summed E-state index contributed by atoms with van der Waals surface area (Å²) in [7, 11) is 0. The van der Waals surface area contributed by atoms with Crippen molar-refractivity contribution in [2.24, 2.45) is 0 Å². The van der Waals surface area contributed by atoms with E-state index in [0.717, 1.165) is 89.0 Å². The Morgan fingerprint density at radius 2 is 0.825 bits per heavy atom. The molecule has 0 atom stereocenters. The molecule has 4 nitrogen and oxygen atoms in total. The number of hydrogen-bond donors (Lipinski definition) is 0. The normalized spacial score (nSPS) is 11.1. The second-order valence-electron chi connectivity index (χ2n) is 14.1. The van der Waals surface area contributed by atoms with Gasteiger partial charge in [-0.1, -0.05) is 158 Å². The lowest BCUT2D eigenvalue weighted by Gasteiger charge is -2.21. The second-order valence-corrected chi connectivity index (χ2v) is 14.1. The molecule has 0 bridgehead atoms. The molecule has 2 aromatic heterocycles. The van der Waals surface area contributed by atoms with Gasteiger partial charge in [-0.25, -0.2) is 9.97 Å². The van der Waals surface area contributed by atoms with E-state index in [2.05, 4.69) is 162 Å². The summed E-state index contributed by atoms with van der Waals surface area (Å²) in [6.45, 7) is 0. The van der Waals surface area contributed by atoms with E-state index >= 15 is 0 Å². The van der Waals surface area contributed by atoms with Crippen molar-refractivity contribution >= 4 is 21.8 Å². The Kier molecular flexibility index (Phi) is 8.52. The molecule has 0 aliphatic rings. The van der Waals surface area contributed by atoms with Gasteiger partial charge in [0.15, 0.2) is 5.82 Å². The van der Waals surface area contributed by atoms with Crippen molar-refractivity contribution in [1.29, 1.82) is 5.26 Å². The molecule has 266 valence electrons. The summed E-state index contributed by atoms with van der Waals surface area (Å²) in [6, 6.07) is 73.9. The van der Waals surface area contributed by atoms with E-state index in [0.29, 0.717) is 11.4 Å². The quantitative estimate of drug-likeness (QED) is 0.164. The summed E-state index contributed by atoms with van der Waals surface area (Å²) < 4.78 is 2.39. The first-order chi connectivity index (χ1) is 28.2. The third-order valence-electron chi connectivity index (χ3n) is 10.6. The van der Waals surface area contributed by atoms with E-state index in [1.165, 1.54) is 0 Å². The summed E-state index contributed by atoms with van der Waals surface area (Å²) in [6.07, 6.45) is 0. The molecule has 0 saturated carbocycles. The van der Waals surface area contributed by atoms with Gasteiger partial charge in [0.25, 0.3) is 0 Å². The van der Waals surface area contributed by atoms with Gasteiger partial charge < -0.3 is 4.57 Å². The zero-order valence-corrected chi connectivity index (χ0v) is 30.9. The lowest BCUT2D eigenvalue weighted by Crippen LogP contribution is -2.03. The lowest BCUT2D eigenvalue weighted by molar-refractivity contribution is 1.17. The minimum atomic E-state index is 0.626. The molecule has 0 fully saturated rings. The first-order valence-corrected chi connectivity index (χ1v) is 19.1. The number of hydrogen-bond acceptors (Lipinski definition) is 3. The number of rotatable bonds is 7. The summed E-state index contributed by atoms with van der Waals surface area (Å²) in [4.78, 5) is 10.4. The maximum Gasteiger partial charge on any atom is 0.160 e. The molecular weight excluding hydrogens is 693 g/mol. The van der Waals surface area contributed by atoms with Crippen molar-refractivity contribution < 1.29 is 0 Å². The van der Waals surface area contributed by atoms with Crippen LogP contribution in [0.15, 0.2) is 206 Å². The largest absolute Gasteiger partial charge is 0.308 e. The van der Waals surface area contributed by atoms with E-state index in [9.17, 15) is 5.26 Å². The van der Waals surface area contributed by atoms with Crippen molar-refractivity contribution in [2.45, 2.75) is 0 Å². The van der Waals surface area contributed by atoms with Gasteiger partial charge >= 0.3 is 0 Å². The Labute approximate surface area is 331 Å².